The number of allylic oxidation sites excluding steroid dienone is 12. The number of ether oxygens (including phenoxy) is 4. The Kier molecular flexibility index (Phi) is 26.4. The van der Waals surface area contributed by atoms with E-state index in [-0.39, 0.29) is 44.7 Å². The lowest BCUT2D eigenvalue weighted by atomic mass is 9.82. The summed E-state index contributed by atoms with van der Waals surface area (Å²) in [6.07, 6.45) is 5.16. The highest BCUT2D eigenvalue weighted by Gasteiger charge is 2.51. The first-order chi connectivity index (χ1) is 32.7. The molecule has 0 aromatic heterocycles. The number of hydrogen-bond donors (Lipinski definition) is 13. The summed E-state index contributed by atoms with van der Waals surface area (Å²) in [6.45, 7) is 7.26. The lowest BCUT2D eigenvalue weighted by molar-refractivity contribution is -0.307. The molecule has 15 N–H and O–H groups in total. The van der Waals surface area contributed by atoms with Crippen molar-refractivity contribution in [2.45, 2.75) is 183 Å². The SMILES string of the molecule is C[C@@H]1[C@H](O)[C@@H](C)/C=C/C=C/C=C/C=C/C=C/C=C/C=C/[C@H](O[C@@H]2O[C@H](C)[C@@H](O)[C@H](N)[C@@H]2O)C[C@@H]2O[C@](O)(C[C@@H](O)C[C@@H](O)[C@H](O)CC[C@@H](O)C[C@@H](O)CC(=O)O[C@H]1C)C[C@H](O)[C@H]2C(=O)NCCCN. The van der Waals surface area contributed by atoms with E-state index in [9.17, 15) is 60.7 Å². The van der Waals surface area contributed by atoms with E-state index in [4.69, 9.17) is 30.4 Å². The minimum absolute atomic E-state index is 0.0951. The van der Waals surface area contributed by atoms with Crippen molar-refractivity contribution in [3.63, 3.8) is 0 Å². The van der Waals surface area contributed by atoms with E-state index in [1.807, 2.05) is 43.4 Å². The van der Waals surface area contributed by atoms with Crippen molar-refractivity contribution < 1.29 is 79.6 Å². The van der Waals surface area contributed by atoms with Crippen LogP contribution >= 0.6 is 0 Å². The quantitative estimate of drug-likeness (QED) is 0.124. The van der Waals surface area contributed by atoms with Gasteiger partial charge in [0.1, 0.15) is 12.2 Å². The number of amides is 1. The number of aliphatic hydroxyl groups is 10. The van der Waals surface area contributed by atoms with Crippen LogP contribution in [-0.2, 0) is 28.5 Å². The van der Waals surface area contributed by atoms with Crippen LogP contribution in [0.2, 0.25) is 0 Å². The van der Waals surface area contributed by atoms with Crippen LogP contribution < -0.4 is 16.8 Å². The van der Waals surface area contributed by atoms with Gasteiger partial charge in [0.2, 0.25) is 5.91 Å². The Morgan fingerprint density at radius 2 is 1.30 bits per heavy atom. The molecule has 0 unspecified atom stereocenters. The smallest absolute Gasteiger partial charge is 0.308 e. The van der Waals surface area contributed by atoms with E-state index >= 15 is 0 Å². The van der Waals surface area contributed by atoms with Crippen LogP contribution in [-0.4, -0.2) is 174 Å². The molecule has 0 radical (unpaired) electrons. The van der Waals surface area contributed by atoms with Crippen molar-refractivity contribution in [3.05, 3.63) is 85.1 Å². The van der Waals surface area contributed by atoms with Gasteiger partial charge in [-0.1, -0.05) is 98.9 Å². The molecule has 69 heavy (non-hydrogen) atoms. The van der Waals surface area contributed by atoms with E-state index in [0.29, 0.717) is 6.42 Å². The monoisotopic (exact) mass is 980 g/mol. The van der Waals surface area contributed by atoms with Crippen molar-refractivity contribution in [1.82, 2.24) is 5.32 Å². The molecule has 2 saturated heterocycles. The number of carbonyl (C=O) groups is 2. The third-order valence-electron chi connectivity index (χ3n) is 12.7. The summed E-state index contributed by atoms with van der Waals surface area (Å²) < 4.78 is 23.7. The molecule has 0 saturated carbocycles. The average Bonchev–Trinajstić information content (AvgIpc) is 3.27. The van der Waals surface area contributed by atoms with Crippen LogP contribution in [0.3, 0.4) is 0 Å². The van der Waals surface area contributed by atoms with Crippen molar-refractivity contribution in [1.29, 1.82) is 0 Å². The Labute approximate surface area is 406 Å². The first-order valence-corrected chi connectivity index (χ1v) is 24.1. The normalized spacial score (nSPS) is 43.5. The molecular formula is C50H81N3O16. The first-order valence-electron chi connectivity index (χ1n) is 24.1. The number of nitrogens with two attached hydrogens (primary N) is 2. The zero-order chi connectivity index (χ0) is 51.3. The van der Waals surface area contributed by atoms with Gasteiger partial charge in [-0.05, 0) is 46.1 Å². The summed E-state index contributed by atoms with van der Waals surface area (Å²) in [5.41, 5.74) is 11.7. The lowest BCUT2D eigenvalue weighted by Gasteiger charge is -2.46. The Hall–Kier alpha value is -3.48. The van der Waals surface area contributed by atoms with Crippen LogP contribution in [0.25, 0.3) is 0 Å². The summed E-state index contributed by atoms with van der Waals surface area (Å²) in [5.74, 6) is -5.60. The van der Waals surface area contributed by atoms with E-state index in [1.165, 1.54) is 0 Å². The van der Waals surface area contributed by atoms with E-state index < -0.39 is 147 Å². The predicted octanol–water partition coefficient (Wildman–Crippen LogP) is 0.0921. The second-order valence-corrected chi connectivity index (χ2v) is 18.7. The molecule has 3 aliphatic heterocycles. The summed E-state index contributed by atoms with van der Waals surface area (Å²) in [7, 11) is 0. The van der Waals surface area contributed by atoms with E-state index in [0.717, 1.165) is 0 Å². The molecule has 0 aromatic rings. The summed E-state index contributed by atoms with van der Waals surface area (Å²) >= 11 is 0. The molecule has 392 valence electrons. The zero-order valence-electron chi connectivity index (χ0n) is 40.3. The molecule has 19 atom stereocenters. The highest BCUT2D eigenvalue weighted by molar-refractivity contribution is 5.80. The topological polar surface area (TPSA) is 337 Å². The highest BCUT2D eigenvalue weighted by atomic mass is 16.7. The minimum Gasteiger partial charge on any atom is -0.462 e. The van der Waals surface area contributed by atoms with Crippen molar-refractivity contribution in [2.24, 2.45) is 29.2 Å². The average molecular weight is 980 g/mol. The molecule has 19 heteroatoms. The molecule has 19 nitrogen and oxygen atoms in total. The Balaban J connectivity index is 1.92. The fourth-order valence-electron chi connectivity index (χ4n) is 8.42. The fourth-order valence-corrected chi connectivity index (χ4v) is 8.42. The largest absolute Gasteiger partial charge is 0.462 e. The number of rotatable bonds is 6. The van der Waals surface area contributed by atoms with Crippen LogP contribution in [0.5, 0.6) is 0 Å². The molecule has 0 spiro atoms. The standard InChI is InChI=1S/C50H81N3O16/c1-30-18-15-13-11-9-7-5-6-8-10-12-14-16-19-37(68-49-47(63)44(52)46(62)33(4)67-49)27-41-43(48(64)53-23-17-22-51)40(59)29-50(65,69-41)28-36(56)25-39(58)38(57)21-20-34(54)24-35(55)26-42(60)66-32(3)31(2)45(30)61/h5-16,18-19,30-41,43-47,49,54-59,61-63,65H,17,20-29,51-52H2,1-4H3,(H,53,64)/b6-5+,9-7+,10-8+,13-11+,14-12+,18-15+,19-16+/t30-,31-,32-,33+,34+,35+,36-,37-,38+,39+,40-,41-,43+,44-,45+,46+,47-,49-,50+/m0/s1. The molecule has 1 amide bonds. The van der Waals surface area contributed by atoms with Crippen molar-refractivity contribution in [2.75, 3.05) is 13.1 Å². The molecule has 3 heterocycles. The molecule has 2 bridgehead atoms. The third-order valence-corrected chi connectivity index (χ3v) is 12.7. The van der Waals surface area contributed by atoms with Gasteiger partial charge in [0.25, 0.3) is 0 Å². The van der Waals surface area contributed by atoms with Gasteiger partial charge in [0, 0.05) is 44.1 Å². The highest BCUT2D eigenvalue weighted by Crippen LogP contribution is 2.38. The second-order valence-electron chi connectivity index (χ2n) is 18.7. The summed E-state index contributed by atoms with van der Waals surface area (Å²) in [6, 6.07) is -1.13. The number of hydrogen-bond acceptors (Lipinski definition) is 18. The number of aliphatic hydroxyl groups excluding tert-OH is 9. The maximum atomic E-state index is 13.6. The minimum atomic E-state index is -2.27. The Morgan fingerprint density at radius 1 is 0.710 bits per heavy atom. The molecule has 0 aromatic carbocycles. The lowest BCUT2D eigenvalue weighted by Crippen LogP contribution is -2.62. The Bertz CT molecular complexity index is 1740. The maximum absolute atomic E-state index is 13.6. The zero-order valence-corrected chi connectivity index (χ0v) is 40.3. The number of carbonyl (C=O) groups excluding carboxylic acids is 2. The number of nitrogens with one attached hydrogen (secondary N) is 1. The van der Waals surface area contributed by atoms with Gasteiger partial charge in [-0.3, -0.25) is 9.59 Å². The summed E-state index contributed by atoms with van der Waals surface area (Å²) in [4.78, 5) is 26.3. The van der Waals surface area contributed by atoms with Gasteiger partial charge in [-0.25, -0.2) is 0 Å². The molecule has 3 rings (SSSR count). The molecule has 3 aliphatic rings. The van der Waals surface area contributed by atoms with Gasteiger partial charge in [-0.2, -0.15) is 0 Å². The van der Waals surface area contributed by atoms with Crippen LogP contribution in [0.15, 0.2) is 85.1 Å². The van der Waals surface area contributed by atoms with Crippen LogP contribution in [0, 0.1) is 17.8 Å². The summed E-state index contributed by atoms with van der Waals surface area (Å²) in [5, 5.41) is 112. The molecule has 0 aliphatic carbocycles. The van der Waals surface area contributed by atoms with Gasteiger partial charge < -0.3 is 86.8 Å². The maximum Gasteiger partial charge on any atom is 0.308 e. The first kappa shape index (κ1) is 59.8. The molecule has 2 fully saturated rings. The fraction of sp³-hybridized carbons (Fsp3) is 0.680. The van der Waals surface area contributed by atoms with Crippen molar-refractivity contribution >= 4 is 11.9 Å². The van der Waals surface area contributed by atoms with Crippen LogP contribution in [0.1, 0.15) is 85.5 Å². The van der Waals surface area contributed by atoms with Gasteiger partial charge in [-0.15, -0.1) is 0 Å². The van der Waals surface area contributed by atoms with Gasteiger partial charge in [0.05, 0.1) is 85.5 Å². The van der Waals surface area contributed by atoms with Crippen molar-refractivity contribution in [3.8, 4) is 0 Å². The third kappa shape index (κ3) is 20.6. The number of esters is 1. The predicted molar refractivity (Wildman–Crippen MR) is 256 cm³/mol. The second kappa shape index (κ2) is 30.4. The van der Waals surface area contributed by atoms with Gasteiger partial charge >= 0.3 is 5.97 Å². The number of fused-ring (bicyclic) bond motifs is 2. The van der Waals surface area contributed by atoms with E-state index in [1.54, 1.807) is 69.4 Å². The van der Waals surface area contributed by atoms with E-state index in [2.05, 4.69) is 5.32 Å². The Morgan fingerprint density at radius 3 is 1.91 bits per heavy atom. The molecular weight excluding hydrogens is 899 g/mol. The van der Waals surface area contributed by atoms with Gasteiger partial charge in [0.15, 0.2) is 12.1 Å². The van der Waals surface area contributed by atoms with Crippen LogP contribution in [0.4, 0.5) is 0 Å². The number of cyclic esters (lactones) is 1.